The standard InChI is InChI=1S/C18H18FN9O/c1-9(12-4-3-11(19)8-21-12)15-16(10-6-22-23-7-10)25-18(20)26-17(15)24-13-5-14(29-2)28-27-13/h3-9H,1-2H3,(H,22,23)(H4,20,24,25,26,27,28)/t9-/m1/s1. The molecule has 0 aliphatic rings. The predicted octanol–water partition coefficient (Wildman–Crippen LogP) is 2.61. The van der Waals surface area contributed by atoms with Crippen LogP contribution in [0.5, 0.6) is 5.88 Å². The zero-order valence-corrected chi connectivity index (χ0v) is 15.6. The van der Waals surface area contributed by atoms with Crippen LogP contribution in [0.4, 0.5) is 22.0 Å². The Hall–Kier alpha value is -4.02. The lowest BCUT2D eigenvalue weighted by Crippen LogP contribution is -2.11. The van der Waals surface area contributed by atoms with E-state index in [2.05, 4.69) is 40.7 Å². The van der Waals surface area contributed by atoms with Gasteiger partial charge in [0.25, 0.3) is 0 Å². The predicted molar refractivity (Wildman–Crippen MR) is 104 cm³/mol. The average Bonchev–Trinajstić information content (AvgIpc) is 3.39. The summed E-state index contributed by atoms with van der Waals surface area (Å²) in [6.45, 7) is 1.93. The van der Waals surface area contributed by atoms with E-state index in [1.807, 2.05) is 6.92 Å². The average molecular weight is 395 g/mol. The summed E-state index contributed by atoms with van der Waals surface area (Å²) >= 11 is 0. The first kappa shape index (κ1) is 18.3. The van der Waals surface area contributed by atoms with Crippen LogP contribution in [-0.4, -0.2) is 42.5 Å². The molecule has 10 nitrogen and oxygen atoms in total. The second kappa shape index (κ2) is 7.54. The third kappa shape index (κ3) is 3.70. The van der Waals surface area contributed by atoms with Gasteiger partial charge in [0.05, 0.1) is 25.2 Å². The van der Waals surface area contributed by atoms with E-state index in [0.29, 0.717) is 34.5 Å². The number of nitrogens with one attached hydrogen (secondary N) is 3. The Morgan fingerprint density at radius 1 is 1.24 bits per heavy atom. The van der Waals surface area contributed by atoms with Gasteiger partial charge in [-0.05, 0) is 12.1 Å². The van der Waals surface area contributed by atoms with E-state index in [9.17, 15) is 4.39 Å². The van der Waals surface area contributed by atoms with Crippen molar-refractivity contribution >= 4 is 17.6 Å². The fourth-order valence-electron chi connectivity index (χ4n) is 2.98. The molecule has 0 aliphatic heterocycles. The lowest BCUT2D eigenvalue weighted by molar-refractivity contribution is 0.397. The molecule has 0 aromatic carbocycles. The van der Waals surface area contributed by atoms with Gasteiger partial charge in [-0.2, -0.15) is 10.1 Å². The SMILES string of the molecule is COc1cc(Nc2nc(N)nc(-c3cn[nH]c3)c2[C@H](C)c2ccc(F)cn2)[nH]n1. The van der Waals surface area contributed by atoms with Crippen molar-refractivity contribution in [2.75, 3.05) is 18.2 Å². The normalized spacial score (nSPS) is 12.0. The zero-order chi connectivity index (χ0) is 20.4. The highest BCUT2D eigenvalue weighted by molar-refractivity contribution is 5.73. The van der Waals surface area contributed by atoms with Crippen LogP contribution in [0.15, 0.2) is 36.8 Å². The van der Waals surface area contributed by atoms with Gasteiger partial charge < -0.3 is 15.8 Å². The number of ether oxygens (including phenoxy) is 1. The van der Waals surface area contributed by atoms with Crippen molar-refractivity contribution in [2.24, 2.45) is 0 Å². The maximum atomic E-state index is 13.4. The van der Waals surface area contributed by atoms with Crippen LogP contribution in [0.3, 0.4) is 0 Å². The molecule has 0 spiro atoms. The van der Waals surface area contributed by atoms with E-state index < -0.39 is 5.82 Å². The smallest absolute Gasteiger partial charge is 0.234 e. The number of H-pyrrole nitrogens is 2. The summed E-state index contributed by atoms with van der Waals surface area (Å²) < 4.78 is 18.5. The van der Waals surface area contributed by atoms with Crippen LogP contribution < -0.4 is 15.8 Å². The number of pyridine rings is 1. The molecule has 0 unspecified atom stereocenters. The number of aromatic amines is 2. The van der Waals surface area contributed by atoms with Crippen molar-refractivity contribution in [3.8, 4) is 17.1 Å². The summed E-state index contributed by atoms with van der Waals surface area (Å²) in [6, 6.07) is 4.67. The van der Waals surface area contributed by atoms with Gasteiger partial charge in [-0.25, -0.2) is 9.37 Å². The Morgan fingerprint density at radius 3 is 2.76 bits per heavy atom. The molecule has 1 atom stereocenters. The molecule has 0 amide bonds. The van der Waals surface area contributed by atoms with Gasteiger partial charge in [-0.15, -0.1) is 5.10 Å². The van der Waals surface area contributed by atoms with Crippen LogP contribution in [-0.2, 0) is 0 Å². The molecule has 4 heterocycles. The fraction of sp³-hybridized carbons (Fsp3) is 0.167. The van der Waals surface area contributed by atoms with Crippen molar-refractivity contribution in [1.29, 1.82) is 0 Å². The molecule has 148 valence electrons. The molecule has 4 rings (SSSR count). The zero-order valence-electron chi connectivity index (χ0n) is 15.6. The Labute approximate surface area is 164 Å². The highest BCUT2D eigenvalue weighted by Gasteiger charge is 2.24. The molecule has 11 heteroatoms. The number of methoxy groups -OCH3 is 1. The van der Waals surface area contributed by atoms with Crippen LogP contribution in [0, 0.1) is 5.82 Å². The van der Waals surface area contributed by atoms with Gasteiger partial charge in [0.1, 0.15) is 17.5 Å². The minimum absolute atomic E-state index is 0.0817. The summed E-state index contributed by atoms with van der Waals surface area (Å²) in [7, 11) is 1.52. The molecule has 0 saturated heterocycles. The van der Waals surface area contributed by atoms with Crippen molar-refractivity contribution in [3.05, 3.63) is 53.9 Å². The molecule has 4 aromatic rings. The third-order valence-electron chi connectivity index (χ3n) is 4.38. The van der Waals surface area contributed by atoms with E-state index in [1.165, 1.54) is 19.4 Å². The van der Waals surface area contributed by atoms with Gasteiger partial charge in [0, 0.05) is 35.0 Å². The fourth-order valence-corrected chi connectivity index (χ4v) is 2.98. The number of nitrogens with zero attached hydrogens (tertiary/aromatic N) is 5. The quantitative estimate of drug-likeness (QED) is 0.390. The molecule has 0 fully saturated rings. The topological polar surface area (TPSA) is 143 Å². The van der Waals surface area contributed by atoms with Gasteiger partial charge in [-0.1, -0.05) is 6.92 Å². The summed E-state index contributed by atoms with van der Waals surface area (Å²) in [4.78, 5) is 13.0. The first-order valence-electron chi connectivity index (χ1n) is 8.69. The van der Waals surface area contributed by atoms with E-state index in [0.717, 1.165) is 5.56 Å². The lowest BCUT2D eigenvalue weighted by atomic mass is 9.93. The first-order valence-corrected chi connectivity index (χ1v) is 8.69. The molecule has 0 aliphatic carbocycles. The Balaban J connectivity index is 1.85. The number of hydrogen-bond donors (Lipinski definition) is 4. The number of halogens is 1. The Bertz CT molecular complexity index is 1110. The number of anilines is 3. The second-order valence-corrected chi connectivity index (χ2v) is 6.25. The largest absolute Gasteiger partial charge is 0.480 e. The van der Waals surface area contributed by atoms with Gasteiger partial charge in [0.2, 0.25) is 11.8 Å². The number of nitrogen functional groups attached to an aromatic ring is 1. The van der Waals surface area contributed by atoms with Crippen molar-refractivity contribution in [3.63, 3.8) is 0 Å². The molecule has 0 saturated carbocycles. The number of hydrogen-bond acceptors (Lipinski definition) is 8. The van der Waals surface area contributed by atoms with Crippen LogP contribution in [0.1, 0.15) is 24.1 Å². The molecule has 0 bridgehead atoms. The van der Waals surface area contributed by atoms with E-state index in [4.69, 9.17) is 10.5 Å². The van der Waals surface area contributed by atoms with Crippen molar-refractivity contribution in [2.45, 2.75) is 12.8 Å². The number of aromatic nitrogens is 7. The highest BCUT2D eigenvalue weighted by Crippen LogP contribution is 2.37. The first-order chi connectivity index (χ1) is 14.0. The summed E-state index contributed by atoms with van der Waals surface area (Å²) in [6.07, 6.45) is 4.52. The van der Waals surface area contributed by atoms with E-state index in [-0.39, 0.29) is 11.9 Å². The molecular formula is C18H18FN9O. The van der Waals surface area contributed by atoms with Gasteiger partial charge in [-0.3, -0.25) is 15.2 Å². The number of rotatable bonds is 6. The lowest BCUT2D eigenvalue weighted by Gasteiger charge is -2.19. The molecule has 29 heavy (non-hydrogen) atoms. The maximum Gasteiger partial charge on any atom is 0.234 e. The van der Waals surface area contributed by atoms with Gasteiger partial charge >= 0.3 is 0 Å². The van der Waals surface area contributed by atoms with E-state index in [1.54, 1.807) is 24.5 Å². The second-order valence-electron chi connectivity index (χ2n) is 6.25. The molecule has 0 radical (unpaired) electrons. The Kier molecular flexibility index (Phi) is 4.77. The van der Waals surface area contributed by atoms with Crippen LogP contribution in [0.25, 0.3) is 11.3 Å². The van der Waals surface area contributed by atoms with Crippen molar-refractivity contribution < 1.29 is 9.13 Å². The van der Waals surface area contributed by atoms with E-state index >= 15 is 0 Å². The summed E-state index contributed by atoms with van der Waals surface area (Å²) in [5.41, 5.74) is 8.65. The minimum atomic E-state index is -0.410. The maximum absolute atomic E-state index is 13.4. The van der Waals surface area contributed by atoms with Crippen molar-refractivity contribution in [1.82, 2.24) is 35.3 Å². The highest BCUT2D eigenvalue weighted by atomic mass is 19.1. The van der Waals surface area contributed by atoms with Crippen LogP contribution in [0.2, 0.25) is 0 Å². The molecular weight excluding hydrogens is 377 g/mol. The monoisotopic (exact) mass is 395 g/mol. The van der Waals surface area contributed by atoms with Crippen LogP contribution >= 0.6 is 0 Å². The summed E-state index contributed by atoms with van der Waals surface area (Å²) in [5, 5.41) is 16.8. The third-order valence-corrected chi connectivity index (χ3v) is 4.38. The minimum Gasteiger partial charge on any atom is -0.480 e. The van der Waals surface area contributed by atoms with Gasteiger partial charge in [0.15, 0.2) is 0 Å². The molecule has 4 aromatic heterocycles. The summed E-state index contributed by atoms with van der Waals surface area (Å²) in [5.74, 6) is 0.815. The number of nitrogens with two attached hydrogens (primary N) is 1. The molecule has 5 N–H and O–H groups in total. The Morgan fingerprint density at radius 2 is 2.10 bits per heavy atom.